The highest BCUT2D eigenvalue weighted by atomic mass is 32.2. The minimum Gasteiger partial charge on any atom is -0.324 e. The molecule has 1 heterocycles. The fourth-order valence-electron chi connectivity index (χ4n) is 1.65. The lowest BCUT2D eigenvalue weighted by Gasteiger charge is -2.06. The Balaban J connectivity index is 2.37. The normalized spacial score (nSPS) is 20.5. The van der Waals surface area contributed by atoms with Crippen LogP contribution in [0.25, 0.3) is 0 Å². The molecule has 0 radical (unpaired) electrons. The Bertz CT molecular complexity index is 442. The van der Waals surface area contributed by atoms with E-state index in [9.17, 15) is 9.00 Å². The molecule has 1 N–H and O–H groups in total. The van der Waals surface area contributed by atoms with Crippen molar-refractivity contribution >= 4 is 22.4 Å². The molecule has 3 nitrogen and oxygen atoms in total. The van der Waals surface area contributed by atoms with Crippen molar-refractivity contribution in [2.75, 3.05) is 11.1 Å². The fourth-order valence-corrected chi connectivity index (χ4v) is 2.86. The molecular formula is C11H11NO2S. The lowest BCUT2D eigenvalue weighted by Crippen LogP contribution is -2.17. The highest BCUT2D eigenvalue weighted by molar-refractivity contribution is 7.86. The van der Waals surface area contributed by atoms with Crippen molar-refractivity contribution in [1.82, 2.24) is 0 Å². The van der Waals surface area contributed by atoms with Gasteiger partial charge in [0.2, 0.25) is 5.91 Å². The lowest BCUT2D eigenvalue weighted by atomic mass is 10.2. The van der Waals surface area contributed by atoms with E-state index in [1.807, 2.05) is 24.3 Å². The third-order valence-corrected chi connectivity index (χ3v) is 3.84. The van der Waals surface area contributed by atoms with Gasteiger partial charge in [-0.3, -0.25) is 9.00 Å². The van der Waals surface area contributed by atoms with Gasteiger partial charge < -0.3 is 5.32 Å². The molecule has 0 aliphatic carbocycles. The average molecular weight is 221 g/mol. The highest BCUT2D eigenvalue weighted by Gasteiger charge is 2.34. The summed E-state index contributed by atoms with van der Waals surface area (Å²) in [7, 11) is -1.22. The van der Waals surface area contributed by atoms with Crippen LogP contribution < -0.4 is 5.32 Å². The summed E-state index contributed by atoms with van der Waals surface area (Å²) < 4.78 is 11.8. The van der Waals surface area contributed by atoms with Crippen molar-refractivity contribution in [1.29, 1.82) is 0 Å². The second-order valence-electron chi connectivity index (χ2n) is 3.29. The van der Waals surface area contributed by atoms with Crippen LogP contribution in [0.3, 0.4) is 0 Å². The smallest absolute Gasteiger partial charge is 0.244 e. The quantitative estimate of drug-likeness (QED) is 0.788. The number of hydrogen-bond donors (Lipinski definition) is 1. The zero-order valence-electron chi connectivity index (χ0n) is 8.10. The van der Waals surface area contributed by atoms with Crippen LogP contribution >= 0.6 is 0 Å². The highest BCUT2D eigenvalue weighted by Crippen LogP contribution is 2.34. The number of carbonyl (C=O) groups is 1. The largest absolute Gasteiger partial charge is 0.324 e. The number of benzene rings is 1. The maximum absolute atomic E-state index is 11.8. The molecule has 0 bridgehead atoms. The first kappa shape index (κ1) is 10.1. The zero-order valence-corrected chi connectivity index (χ0v) is 8.92. The molecule has 1 aliphatic heterocycles. The molecule has 0 aromatic heterocycles. The number of rotatable bonds is 3. The summed E-state index contributed by atoms with van der Waals surface area (Å²) >= 11 is 0. The molecule has 15 heavy (non-hydrogen) atoms. The molecule has 1 aromatic rings. The Kier molecular flexibility index (Phi) is 2.68. The van der Waals surface area contributed by atoms with Crippen LogP contribution in [-0.4, -0.2) is 15.9 Å². The SMILES string of the molecule is C=CCS(=O)C1C(=O)Nc2ccccc21. The molecule has 2 unspecified atom stereocenters. The van der Waals surface area contributed by atoms with Crippen LogP contribution in [0.4, 0.5) is 5.69 Å². The molecule has 2 rings (SSSR count). The van der Waals surface area contributed by atoms with Gasteiger partial charge in [0, 0.05) is 27.8 Å². The number of amides is 1. The van der Waals surface area contributed by atoms with E-state index in [4.69, 9.17) is 0 Å². The van der Waals surface area contributed by atoms with Crippen molar-refractivity contribution in [2.45, 2.75) is 5.25 Å². The molecule has 0 spiro atoms. The van der Waals surface area contributed by atoms with Gasteiger partial charge in [-0.25, -0.2) is 0 Å². The summed E-state index contributed by atoms with van der Waals surface area (Å²) in [6.07, 6.45) is 1.57. The first-order chi connectivity index (χ1) is 7.24. The molecule has 1 aliphatic rings. The van der Waals surface area contributed by atoms with E-state index in [1.165, 1.54) is 0 Å². The predicted octanol–water partition coefficient (Wildman–Crippen LogP) is 1.61. The standard InChI is InChI=1S/C11H11NO2S/c1-2-7-15(14)10-8-5-3-4-6-9(8)12-11(10)13/h2-6,10H,1,7H2,(H,12,13). The Hall–Kier alpha value is -1.42. The van der Waals surface area contributed by atoms with E-state index in [0.29, 0.717) is 5.75 Å². The summed E-state index contributed by atoms with van der Waals surface area (Å²) in [5, 5.41) is 2.18. The summed E-state index contributed by atoms with van der Waals surface area (Å²) in [5.41, 5.74) is 1.59. The van der Waals surface area contributed by atoms with E-state index >= 15 is 0 Å². The third kappa shape index (κ3) is 1.72. The Morgan fingerprint density at radius 3 is 2.93 bits per heavy atom. The summed E-state index contributed by atoms with van der Waals surface area (Å²) in [5.74, 6) is 0.156. The summed E-state index contributed by atoms with van der Waals surface area (Å²) in [4.78, 5) is 11.6. The first-order valence-corrected chi connectivity index (χ1v) is 6.00. The van der Waals surface area contributed by atoms with E-state index in [2.05, 4.69) is 11.9 Å². The van der Waals surface area contributed by atoms with E-state index in [0.717, 1.165) is 11.3 Å². The minimum atomic E-state index is -1.22. The van der Waals surface area contributed by atoms with Crippen LogP contribution in [0.15, 0.2) is 36.9 Å². The van der Waals surface area contributed by atoms with Gasteiger partial charge >= 0.3 is 0 Å². The second-order valence-corrected chi connectivity index (χ2v) is 4.86. The molecule has 1 aromatic carbocycles. The van der Waals surface area contributed by atoms with Gasteiger partial charge in [0.15, 0.2) is 0 Å². The maximum atomic E-state index is 11.8. The maximum Gasteiger partial charge on any atom is 0.244 e. The van der Waals surface area contributed by atoms with E-state index in [1.54, 1.807) is 6.08 Å². The number of anilines is 1. The topological polar surface area (TPSA) is 46.2 Å². The Labute approximate surface area is 90.6 Å². The van der Waals surface area contributed by atoms with E-state index < -0.39 is 16.0 Å². The minimum absolute atomic E-state index is 0.184. The van der Waals surface area contributed by atoms with Crippen LogP contribution in [-0.2, 0) is 15.6 Å². The summed E-state index contributed by atoms with van der Waals surface area (Å²) in [6, 6.07) is 7.34. The molecule has 0 saturated carbocycles. The molecule has 78 valence electrons. The predicted molar refractivity (Wildman–Crippen MR) is 61.0 cm³/mol. The van der Waals surface area contributed by atoms with Gasteiger partial charge in [-0.05, 0) is 6.07 Å². The van der Waals surface area contributed by atoms with Crippen LogP contribution in [0.1, 0.15) is 10.8 Å². The summed E-state index contributed by atoms with van der Waals surface area (Å²) in [6.45, 7) is 3.53. The molecule has 4 heteroatoms. The number of nitrogens with one attached hydrogen (secondary N) is 1. The second kappa shape index (κ2) is 3.98. The van der Waals surface area contributed by atoms with Gasteiger partial charge in [-0.2, -0.15) is 0 Å². The monoisotopic (exact) mass is 221 g/mol. The Morgan fingerprint density at radius 2 is 2.20 bits per heavy atom. The van der Waals surface area contributed by atoms with Crippen molar-refractivity contribution in [3.05, 3.63) is 42.5 Å². The van der Waals surface area contributed by atoms with Gasteiger partial charge in [-0.1, -0.05) is 24.3 Å². The van der Waals surface area contributed by atoms with Gasteiger partial charge in [-0.15, -0.1) is 6.58 Å². The lowest BCUT2D eigenvalue weighted by molar-refractivity contribution is -0.115. The van der Waals surface area contributed by atoms with Crippen LogP contribution in [0, 0.1) is 0 Å². The molecule has 2 atom stereocenters. The molecule has 1 amide bonds. The number of carbonyl (C=O) groups excluding carboxylic acids is 1. The molecular weight excluding hydrogens is 210 g/mol. The van der Waals surface area contributed by atoms with Crippen molar-refractivity contribution in [3.63, 3.8) is 0 Å². The van der Waals surface area contributed by atoms with Crippen LogP contribution in [0.2, 0.25) is 0 Å². The van der Waals surface area contributed by atoms with Crippen molar-refractivity contribution in [2.24, 2.45) is 0 Å². The molecule has 0 saturated heterocycles. The zero-order chi connectivity index (χ0) is 10.8. The average Bonchev–Trinajstić information content (AvgIpc) is 2.54. The van der Waals surface area contributed by atoms with Gasteiger partial charge in [0.1, 0.15) is 5.25 Å². The molecule has 0 fully saturated rings. The van der Waals surface area contributed by atoms with Crippen LogP contribution in [0.5, 0.6) is 0 Å². The fraction of sp³-hybridized carbons (Fsp3) is 0.182. The number of fused-ring (bicyclic) bond motifs is 1. The van der Waals surface area contributed by atoms with Gasteiger partial charge in [0.25, 0.3) is 0 Å². The van der Waals surface area contributed by atoms with Crippen molar-refractivity contribution in [3.8, 4) is 0 Å². The number of hydrogen-bond acceptors (Lipinski definition) is 2. The number of para-hydroxylation sites is 1. The van der Waals surface area contributed by atoms with Gasteiger partial charge in [0.05, 0.1) is 0 Å². The van der Waals surface area contributed by atoms with E-state index in [-0.39, 0.29) is 5.91 Å². The van der Waals surface area contributed by atoms with Crippen molar-refractivity contribution < 1.29 is 9.00 Å². The first-order valence-electron chi connectivity index (χ1n) is 4.62. The Morgan fingerprint density at radius 1 is 1.47 bits per heavy atom. The third-order valence-electron chi connectivity index (χ3n) is 2.28.